The minimum Gasteiger partial charge on any atom is -0.465 e. The van der Waals surface area contributed by atoms with Gasteiger partial charge in [-0.05, 0) is 30.2 Å². The highest BCUT2D eigenvalue weighted by Gasteiger charge is 2.35. The molecule has 1 fully saturated rings. The van der Waals surface area contributed by atoms with Crippen molar-refractivity contribution >= 4 is 28.4 Å². The fourth-order valence-corrected chi connectivity index (χ4v) is 3.75. The number of ether oxygens (including phenoxy) is 1. The van der Waals surface area contributed by atoms with Crippen LogP contribution in [0.15, 0.2) is 29.2 Å². The van der Waals surface area contributed by atoms with E-state index in [2.05, 4.69) is 4.74 Å². The van der Waals surface area contributed by atoms with Crippen LogP contribution in [0.5, 0.6) is 0 Å². The van der Waals surface area contributed by atoms with Crippen molar-refractivity contribution in [3.05, 3.63) is 29.8 Å². The van der Waals surface area contributed by atoms with E-state index in [0.29, 0.717) is 18.7 Å². The molecule has 0 aliphatic carbocycles. The van der Waals surface area contributed by atoms with E-state index in [9.17, 15) is 13.2 Å². The molecule has 1 aliphatic heterocycles. The van der Waals surface area contributed by atoms with Gasteiger partial charge in [0.25, 0.3) is 0 Å². The average Bonchev–Trinajstić information content (AvgIpc) is 2.78. The monoisotopic (exact) mass is 334 g/mol. The normalized spacial score (nSPS) is 22.6. The van der Waals surface area contributed by atoms with Crippen LogP contribution >= 0.6 is 12.4 Å². The first-order chi connectivity index (χ1) is 9.36. The predicted molar refractivity (Wildman–Crippen MR) is 80.9 cm³/mol. The third-order valence-electron chi connectivity index (χ3n) is 3.55. The summed E-state index contributed by atoms with van der Waals surface area (Å²) >= 11 is 0. The number of esters is 1. The SMILES string of the molecule is COC(=O)c1ccc(S(=O)(=O)N2CC(C)C(N)C2)cc1.Cl. The Bertz CT molecular complexity index is 593. The molecule has 2 unspecified atom stereocenters. The molecule has 1 aromatic carbocycles. The molecule has 21 heavy (non-hydrogen) atoms. The quantitative estimate of drug-likeness (QED) is 0.828. The van der Waals surface area contributed by atoms with Crippen LogP contribution in [0.4, 0.5) is 0 Å². The molecule has 2 atom stereocenters. The van der Waals surface area contributed by atoms with Crippen LogP contribution in [0.2, 0.25) is 0 Å². The maximum absolute atomic E-state index is 12.4. The maximum atomic E-state index is 12.4. The number of carbonyl (C=O) groups is 1. The minimum absolute atomic E-state index is 0. The van der Waals surface area contributed by atoms with Crippen LogP contribution in [-0.2, 0) is 14.8 Å². The number of hydrogen-bond acceptors (Lipinski definition) is 5. The summed E-state index contributed by atoms with van der Waals surface area (Å²) in [6, 6.07) is 5.57. The number of sulfonamides is 1. The number of methoxy groups -OCH3 is 1. The first kappa shape index (κ1) is 17.9. The molecule has 0 aromatic heterocycles. The summed E-state index contributed by atoms with van der Waals surface area (Å²) in [5.74, 6) is -0.357. The average molecular weight is 335 g/mol. The predicted octanol–water partition coefficient (Wildman–Crippen LogP) is 0.863. The van der Waals surface area contributed by atoms with Crippen molar-refractivity contribution in [3.63, 3.8) is 0 Å². The van der Waals surface area contributed by atoms with Crippen LogP contribution < -0.4 is 5.73 Å². The first-order valence-electron chi connectivity index (χ1n) is 6.30. The number of nitrogens with two attached hydrogens (primary N) is 1. The lowest BCUT2D eigenvalue weighted by Crippen LogP contribution is -2.32. The molecule has 8 heteroatoms. The maximum Gasteiger partial charge on any atom is 0.337 e. The Hall–Kier alpha value is -1.15. The highest BCUT2D eigenvalue weighted by molar-refractivity contribution is 7.89. The Labute approximate surface area is 130 Å². The van der Waals surface area contributed by atoms with Gasteiger partial charge in [0, 0.05) is 19.1 Å². The van der Waals surface area contributed by atoms with Crippen LogP contribution in [0.25, 0.3) is 0 Å². The van der Waals surface area contributed by atoms with Crippen molar-refractivity contribution in [2.75, 3.05) is 20.2 Å². The molecule has 0 saturated carbocycles. The van der Waals surface area contributed by atoms with Crippen LogP contribution in [0.3, 0.4) is 0 Å². The standard InChI is InChI=1S/C13H18N2O4S.ClH/c1-9-7-15(8-12(9)14)20(17,18)11-5-3-10(4-6-11)13(16)19-2;/h3-6,9,12H,7-8,14H2,1-2H3;1H. The smallest absolute Gasteiger partial charge is 0.337 e. The third kappa shape index (κ3) is 3.55. The summed E-state index contributed by atoms with van der Waals surface area (Å²) in [4.78, 5) is 11.5. The van der Waals surface area contributed by atoms with Crippen LogP contribution in [0.1, 0.15) is 17.3 Å². The van der Waals surface area contributed by atoms with Gasteiger partial charge in [-0.25, -0.2) is 13.2 Å². The molecule has 0 spiro atoms. The lowest BCUT2D eigenvalue weighted by atomic mass is 10.1. The van der Waals surface area contributed by atoms with Gasteiger partial charge in [0.2, 0.25) is 10.0 Å². The van der Waals surface area contributed by atoms with E-state index in [-0.39, 0.29) is 29.3 Å². The molecule has 1 aliphatic rings. The van der Waals surface area contributed by atoms with E-state index in [0.717, 1.165) is 0 Å². The molecule has 0 radical (unpaired) electrons. The van der Waals surface area contributed by atoms with Gasteiger partial charge < -0.3 is 10.5 Å². The van der Waals surface area contributed by atoms with E-state index < -0.39 is 16.0 Å². The molecule has 118 valence electrons. The van der Waals surface area contributed by atoms with E-state index in [1.807, 2.05) is 6.92 Å². The molecule has 1 heterocycles. The Morgan fingerprint density at radius 1 is 1.29 bits per heavy atom. The second-order valence-electron chi connectivity index (χ2n) is 4.98. The highest BCUT2D eigenvalue weighted by atomic mass is 35.5. The van der Waals surface area contributed by atoms with Gasteiger partial charge in [0.1, 0.15) is 0 Å². The molecular formula is C13H19ClN2O4S. The highest BCUT2D eigenvalue weighted by Crippen LogP contribution is 2.23. The molecule has 2 rings (SSSR count). The van der Waals surface area contributed by atoms with E-state index in [1.54, 1.807) is 0 Å². The Morgan fingerprint density at radius 2 is 1.86 bits per heavy atom. The zero-order valence-corrected chi connectivity index (χ0v) is 13.5. The number of halogens is 1. The lowest BCUT2D eigenvalue weighted by Gasteiger charge is -2.16. The van der Waals surface area contributed by atoms with Gasteiger partial charge in [0.05, 0.1) is 17.6 Å². The molecule has 0 bridgehead atoms. The molecular weight excluding hydrogens is 316 g/mol. The van der Waals surface area contributed by atoms with Crippen molar-refractivity contribution in [1.29, 1.82) is 0 Å². The fraction of sp³-hybridized carbons (Fsp3) is 0.462. The summed E-state index contributed by atoms with van der Waals surface area (Å²) in [6.45, 7) is 2.67. The number of benzene rings is 1. The fourth-order valence-electron chi connectivity index (χ4n) is 2.17. The second-order valence-corrected chi connectivity index (χ2v) is 6.92. The zero-order valence-electron chi connectivity index (χ0n) is 11.9. The molecule has 2 N–H and O–H groups in total. The zero-order chi connectivity index (χ0) is 14.9. The van der Waals surface area contributed by atoms with E-state index >= 15 is 0 Å². The topological polar surface area (TPSA) is 89.7 Å². The third-order valence-corrected chi connectivity index (χ3v) is 5.40. The molecule has 1 saturated heterocycles. The number of nitrogens with zero attached hydrogens (tertiary/aromatic N) is 1. The minimum atomic E-state index is -3.55. The Balaban J connectivity index is 0.00000220. The molecule has 6 nitrogen and oxygen atoms in total. The van der Waals surface area contributed by atoms with Crippen molar-refractivity contribution in [3.8, 4) is 0 Å². The van der Waals surface area contributed by atoms with Crippen LogP contribution in [0, 0.1) is 5.92 Å². The first-order valence-corrected chi connectivity index (χ1v) is 7.74. The lowest BCUT2D eigenvalue weighted by molar-refractivity contribution is 0.0600. The van der Waals surface area contributed by atoms with Gasteiger partial charge in [0.15, 0.2) is 0 Å². The van der Waals surface area contributed by atoms with Crippen molar-refractivity contribution in [2.24, 2.45) is 11.7 Å². The number of carbonyl (C=O) groups excluding carboxylic acids is 1. The molecule has 1 aromatic rings. The molecule has 0 amide bonds. The van der Waals surface area contributed by atoms with Crippen molar-refractivity contribution in [2.45, 2.75) is 17.9 Å². The van der Waals surface area contributed by atoms with Crippen LogP contribution in [-0.4, -0.2) is 44.9 Å². The van der Waals surface area contributed by atoms with Gasteiger partial charge in [-0.15, -0.1) is 12.4 Å². The van der Waals surface area contributed by atoms with Gasteiger partial charge in [-0.3, -0.25) is 0 Å². The summed E-state index contributed by atoms with van der Waals surface area (Å²) in [5.41, 5.74) is 6.18. The second kappa shape index (κ2) is 6.74. The summed E-state index contributed by atoms with van der Waals surface area (Å²) in [6.07, 6.45) is 0. The summed E-state index contributed by atoms with van der Waals surface area (Å²) < 4.78 is 30.8. The Kier molecular flexibility index (Phi) is 5.75. The number of rotatable bonds is 3. The number of hydrogen-bond donors (Lipinski definition) is 1. The van der Waals surface area contributed by atoms with Gasteiger partial charge in [-0.2, -0.15) is 4.31 Å². The largest absolute Gasteiger partial charge is 0.465 e. The van der Waals surface area contributed by atoms with Crippen molar-refractivity contribution in [1.82, 2.24) is 4.31 Å². The van der Waals surface area contributed by atoms with E-state index in [4.69, 9.17) is 5.73 Å². The van der Waals surface area contributed by atoms with Gasteiger partial charge in [-0.1, -0.05) is 6.92 Å². The summed E-state index contributed by atoms with van der Waals surface area (Å²) in [5, 5.41) is 0. The Morgan fingerprint density at radius 3 is 2.29 bits per heavy atom. The van der Waals surface area contributed by atoms with E-state index in [1.165, 1.54) is 35.7 Å². The summed E-state index contributed by atoms with van der Waals surface area (Å²) in [7, 11) is -2.27. The van der Waals surface area contributed by atoms with Gasteiger partial charge >= 0.3 is 5.97 Å². The van der Waals surface area contributed by atoms with Crippen molar-refractivity contribution < 1.29 is 17.9 Å².